The van der Waals surface area contributed by atoms with Gasteiger partial charge in [-0.1, -0.05) is 0 Å². The van der Waals surface area contributed by atoms with Crippen LogP contribution in [0.4, 0.5) is 0 Å². The number of halogens is 1. The molecule has 2 N–H and O–H groups in total. The first-order chi connectivity index (χ1) is 8.61. The zero-order valence-electron chi connectivity index (χ0n) is 12.1. The normalized spacial score (nSPS) is 40.6. The van der Waals surface area contributed by atoms with Crippen LogP contribution in [0.25, 0.3) is 0 Å². The summed E-state index contributed by atoms with van der Waals surface area (Å²) < 4.78 is 0. The van der Waals surface area contributed by atoms with Gasteiger partial charge in [0.25, 0.3) is 0 Å². The van der Waals surface area contributed by atoms with E-state index < -0.39 is 0 Å². The van der Waals surface area contributed by atoms with Gasteiger partial charge in [0.15, 0.2) is 0 Å². The maximum atomic E-state index is 11.8. The van der Waals surface area contributed by atoms with Gasteiger partial charge in [-0.05, 0) is 75.7 Å². The Balaban J connectivity index is 0.00000133. The molecule has 0 aliphatic heterocycles. The van der Waals surface area contributed by atoms with E-state index in [2.05, 4.69) is 17.6 Å². The molecule has 4 aliphatic rings. The summed E-state index contributed by atoms with van der Waals surface area (Å²) in [5.74, 6) is 3.03. The number of carbonyl (C=O) groups excluding carboxylic acids is 1. The molecule has 4 fully saturated rings. The molecule has 19 heavy (non-hydrogen) atoms. The quantitative estimate of drug-likeness (QED) is 0.833. The Morgan fingerprint density at radius 3 is 2.05 bits per heavy atom. The summed E-state index contributed by atoms with van der Waals surface area (Å²) in [5.41, 5.74) is 0.429. The molecule has 4 saturated carbocycles. The largest absolute Gasteiger partial charge is 0.352 e. The second kappa shape index (κ2) is 5.61. The van der Waals surface area contributed by atoms with Crippen molar-refractivity contribution < 1.29 is 4.79 Å². The molecular weight excluding hydrogens is 260 g/mol. The molecule has 1 unspecified atom stereocenters. The van der Waals surface area contributed by atoms with Crippen LogP contribution < -0.4 is 10.6 Å². The van der Waals surface area contributed by atoms with Crippen LogP contribution in [0.3, 0.4) is 0 Å². The predicted octanol–water partition coefficient (Wildman–Crippen LogP) is 2.35. The number of nitrogens with one attached hydrogen (secondary N) is 2. The highest BCUT2D eigenvalue weighted by Crippen LogP contribution is 2.61. The first-order valence-corrected chi connectivity index (χ1v) is 7.55. The number of hydrogen-bond donors (Lipinski definition) is 2. The minimum absolute atomic E-state index is 0. The Bertz CT molecular complexity index is 310. The lowest BCUT2D eigenvalue weighted by molar-refractivity contribution is -0.125. The lowest BCUT2D eigenvalue weighted by atomic mass is 9.48. The van der Waals surface area contributed by atoms with Crippen LogP contribution >= 0.6 is 12.4 Å². The molecule has 0 spiro atoms. The molecule has 4 heteroatoms. The second-order valence-electron chi connectivity index (χ2n) is 7.10. The number of hydrogen-bond acceptors (Lipinski definition) is 2. The summed E-state index contributed by atoms with van der Waals surface area (Å²) in [6.45, 7) is 2.68. The lowest BCUT2D eigenvalue weighted by Crippen LogP contribution is -2.56. The number of rotatable bonds is 4. The molecule has 4 rings (SSSR count). The van der Waals surface area contributed by atoms with Crippen LogP contribution in [0.5, 0.6) is 0 Å². The van der Waals surface area contributed by atoms with Crippen molar-refractivity contribution in [1.29, 1.82) is 0 Å². The minimum atomic E-state index is 0. The topological polar surface area (TPSA) is 41.1 Å². The molecule has 4 bridgehead atoms. The Kier molecular flexibility index (Phi) is 4.46. The van der Waals surface area contributed by atoms with E-state index >= 15 is 0 Å². The van der Waals surface area contributed by atoms with E-state index in [4.69, 9.17) is 0 Å². The average molecular weight is 287 g/mol. The Hall–Kier alpha value is -0.280. The van der Waals surface area contributed by atoms with E-state index in [1.54, 1.807) is 0 Å². The maximum Gasteiger partial charge on any atom is 0.234 e. The van der Waals surface area contributed by atoms with E-state index in [-0.39, 0.29) is 18.3 Å². The Morgan fingerprint density at radius 1 is 1.16 bits per heavy atom. The minimum Gasteiger partial charge on any atom is -0.352 e. The molecule has 0 radical (unpaired) electrons. The highest BCUT2D eigenvalue weighted by Gasteiger charge is 2.53. The van der Waals surface area contributed by atoms with Gasteiger partial charge in [0, 0.05) is 6.04 Å². The monoisotopic (exact) mass is 286 g/mol. The van der Waals surface area contributed by atoms with E-state index in [0.717, 1.165) is 17.8 Å². The van der Waals surface area contributed by atoms with Gasteiger partial charge in [-0.3, -0.25) is 4.79 Å². The lowest BCUT2D eigenvalue weighted by Gasteiger charge is -2.59. The molecule has 4 aliphatic carbocycles. The number of amides is 1. The zero-order valence-corrected chi connectivity index (χ0v) is 12.9. The molecule has 1 amide bonds. The van der Waals surface area contributed by atoms with Crippen LogP contribution in [0.1, 0.15) is 45.4 Å². The van der Waals surface area contributed by atoms with Gasteiger partial charge < -0.3 is 10.6 Å². The summed E-state index contributed by atoms with van der Waals surface area (Å²) in [5, 5.41) is 6.17. The molecular formula is C15H27ClN2O. The Morgan fingerprint density at radius 2 is 1.63 bits per heavy atom. The van der Waals surface area contributed by atoms with E-state index in [9.17, 15) is 4.79 Å². The number of carbonyl (C=O) groups is 1. The molecule has 0 aromatic carbocycles. The number of likely N-dealkylation sites (N-methyl/N-ethyl adjacent to an activating group) is 1. The summed E-state index contributed by atoms with van der Waals surface area (Å²) in [4.78, 5) is 11.8. The van der Waals surface area contributed by atoms with E-state index in [1.165, 1.54) is 38.5 Å². The molecule has 0 heterocycles. The van der Waals surface area contributed by atoms with Crippen LogP contribution in [0.2, 0.25) is 0 Å². The van der Waals surface area contributed by atoms with E-state index in [1.807, 2.05) is 7.05 Å². The van der Waals surface area contributed by atoms with Crippen LogP contribution in [-0.4, -0.2) is 25.5 Å². The third-order valence-corrected chi connectivity index (χ3v) is 5.72. The van der Waals surface area contributed by atoms with Crippen molar-refractivity contribution in [3.05, 3.63) is 0 Å². The standard InChI is InChI=1S/C15H26N2O.ClH/c1-10(17-14(18)9-16-2)15-6-11-3-12(7-15)5-13(4-11)8-15;/h10-13,16H,3-9H2,1-2H3,(H,17,18);1H. The highest BCUT2D eigenvalue weighted by molar-refractivity contribution is 5.85. The average Bonchev–Trinajstić information content (AvgIpc) is 2.27. The van der Waals surface area contributed by atoms with Gasteiger partial charge >= 0.3 is 0 Å². The SMILES string of the molecule is CNCC(=O)NC(C)C12CC3CC(CC(C3)C1)C2.Cl. The molecule has 3 nitrogen and oxygen atoms in total. The molecule has 0 aromatic rings. The fraction of sp³-hybridized carbons (Fsp3) is 0.933. The summed E-state index contributed by atoms with van der Waals surface area (Å²) in [6, 6.07) is 0.353. The van der Waals surface area contributed by atoms with Crippen molar-refractivity contribution in [2.24, 2.45) is 23.2 Å². The van der Waals surface area contributed by atoms with Gasteiger partial charge in [-0.2, -0.15) is 0 Å². The van der Waals surface area contributed by atoms with Crippen LogP contribution in [0.15, 0.2) is 0 Å². The predicted molar refractivity (Wildman–Crippen MR) is 79.4 cm³/mol. The van der Waals surface area contributed by atoms with Gasteiger partial charge in [0.05, 0.1) is 6.54 Å². The summed E-state index contributed by atoms with van der Waals surface area (Å²) in [6.07, 6.45) is 8.49. The van der Waals surface area contributed by atoms with E-state index in [0.29, 0.717) is 18.0 Å². The third kappa shape index (κ3) is 2.78. The first kappa shape index (κ1) is 15.1. The smallest absolute Gasteiger partial charge is 0.234 e. The van der Waals surface area contributed by atoms with Crippen LogP contribution in [-0.2, 0) is 4.79 Å². The fourth-order valence-corrected chi connectivity index (χ4v) is 5.31. The van der Waals surface area contributed by atoms with Crippen LogP contribution in [0, 0.1) is 23.2 Å². The van der Waals surface area contributed by atoms with Crippen molar-refractivity contribution in [3.8, 4) is 0 Å². The maximum absolute atomic E-state index is 11.8. The van der Waals surface area contributed by atoms with Gasteiger partial charge in [-0.15, -0.1) is 12.4 Å². The first-order valence-electron chi connectivity index (χ1n) is 7.55. The second-order valence-corrected chi connectivity index (χ2v) is 7.10. The molecule has 0 saturated heterocycles. The zero-order chi connectivity index (χ0) is 12.8. The molecule has 1 atom stereocenters. The Labute approximate surface area is 122 Å². The molecule has 110 valence electrons. The van der Waals surface area contributed by atoms with Gasteiger partial charge in [-0.25, -0.2) is 0 Å². The van der Waals surface area contributed by atoms with Gasteiger partial charge in [0.1, 0.15) is 0 Å². The van der Waals surface area contributed by atoms with Crippen molar-refractivity contribution in [3.63, 3.8) is 0 Å². The molecule has 0 aromatic heterocycles. The summed E-state index contributed by atoms with van der Waals surface area (Å²) in [7, 11) is 1.83. The summed E-state index contributed by atoms with van der Waals surface area (Å²) >= 11 is 0. The van der Waals surface area contributed by atoms with Crippen molar-refractivity contribution in [2.75, 3.05) is 13.6 Å². The van der Waals surface area contributed by atoms with Crippen molar-refractivity contribution in [2.45, 2.75) is 51.5 Å². The van der Waals surface area contributed by atoms with Crippen molar-refractivity contribution in [1.82, 2.24) is 10.6 Å². The highest BCUT2D eigenvalue weighted by atomic mass is 35.5. The van der Waals surface area contributed by atoms with Crippen molar-refractivity contribution >= 4 is 18.3 Å². The third-order valence-electron chi connectivity index (χ3n) is 5.72. The fourth-order valence-electron chi connectivity index (χ4n) is 5.31. The van der Waals surface area contributed by atoms with Gasteiger partial charge in [0.2, 0.25) is 5.91 Å².